The topological polar surface area (TPSA) is 74.8 Å². The van der Waals surface area contributed by atoms with E-state index in [0.29, 0.717) is 6.54 Å². The maximum absolute atomic E-state index is 11.7. The van der Waals surface area contributed by atoms with Gasteiger partial charge < -0.3 is 20.7 Å². The van der Waals surface area contributed by atoms with Crippen LogP contribution in [-0.2, 0) is 16.1 Å². The molecule has 25 heavy (non-hydrogen) atoms. The Hall–Kier alpha value is -1.35. The number of aliphatic imine (C=N–C) groups is 1. The van der Waals surface area contributed by atoms with Gasteiger partial charge in [-0.3, -0.25) is 4.79 Å². The highest BCUT2D eigenvalue weighted by atomic mass is 127. The number of nitrogens with zero attached hydrogens (tertiary/aromatic N) is 1. The molecule has 0 saturated heterocycles. The van der Waals surface area contributed by atoms with Gasteiger partial charge in [-0.1, -0.05) is 26.0 Å². The summed E-state index contributed by atoms with van der Waals surface area (Å²) in [7, 11) is 1.70. The van der Waals surface area contributed by atoms with Crippen LogP contribution in [0.3, 0.4) is 0 Å². The molecule has 0 radical (unpaired) electrons. The Morgan fingerprint density at radius 2 is 1.88 bits per heavy atom. The molecule has 0 unspecified atom stereocenters. The molecule has 0 spiro atoms. The lowest BCUT2D eigenvalue weighted by Crippen LogP contribution is -2.38. The Kier molecular flexibility index (Phi) is 13.1. The van der Waals surface area contributed by atoms with Gasteiger partial charge in [0.2, 0.25) is 5.91 Å². The number of guanidine groups is 1. The molecule has 7 heteroatoms. The van der Waals surface area contributed by atoms with Crippen LogP contribution in [-0.4, -0.2) is 38.7 Å². The largest absolute Gasteiger partial charge is 0.385 e. The molecule has 1 aromatic carbocycles. The number of carbonyl (C=O) groups is 1. The molecule has 0 fully saturated rings. The fourth-order valence-electron chi connectivity index (χ4n) is 1.92. The maximum Gasteiger partial charge on any atom is 0.226 e. The standard InChI is InChI=1S/C18H30N4O2.HI/c1-5-19-18(20-11-6-12-24-4)21-13-15-7-9-16(10-8-15)22-17(23)14(2)3;/h7-10,14H,5-6,11-13H2,1-4H3,(H,22,23)(H2,19,20,21);1H. The number of carbonyl (C=O) groups excluding carboxylic acids is 1. The lowest BCUT2D eigenvalue weighted by molar-refractivity contribution is -0.118. The predicted molar refractivity (Wildman–Crippen MR) is 115 cm³/mol. The Bertz CT molecular complexity index is 518. The monoisotopic (exact) mass is 462 g/mol. The Morgan fingerprint density at radius 3 is 2.44 bits per heavy atom. The number of amides is 1. The van der Waals surface area contributed by atoms with Crippen molar-refractivity contribution in [2.24, 2.45) is 10.9 Å². The molecule has 6 nitrogen and oxygen atoms in total. The zero-order chi connectivity index (χ0) is 17.8. The average molecular weight is 462 g/mol. The molecule has 0 heterocycles. The predicted octanol–water partition coefficient (Wildman–Crippen LogP) is 2.99. The van der Waals surface area contributed by atoms with Gasteiger partial charge >= 0.3 is 0 Å². The number of halogens is 1. The van der Waals surface area contributed by atoms with Crippen LogP contribution in [0.25, 0.3) is 0 Å². The maximum atomic E-state index is 11.7. The van der Waals surface area contributed by atoms with E-state index in [1.807, 2.05) is 45.0 Å². The van der Waals surface area contributed by atoms with Gasteiger partial charge in [0, 0.05) is 38.4 Å². The van der Waals surface area contributed by atoms with Crippen molar-refractivity contribution in [3.8, 4) is 0 Å². The van der Waals surface area contributed by atoms with Crippen LogP contribution >= 0.6 is 24.0 Å². The number of benzene rings is 1. The van der Waals surface area contributed by atoms with E-state index in [9.17, 15) is 4.79 Å². The first kappa shape index (κ1) is 23.6. The summed E-state index contributed by atoms with van der Waals surface area (Å²) in [6.07, 6.45) is 0.936. The third-order valence-electron chi connectivity index (χ3n) is 3.33. The quantitative estimate of drug-likeness (QED) is 0.228. The van der Waals surface area contributed by atoms with Crippen LogP contribution in [0.1, 0.15) is 32.8 Å². The zero-order valence-electron chi connectivity index (χ0n) is 15.6. The Balaban J connectivity index is 0.00000576. The van der Waals surface area contributed by atoms with Crippen molar-refractivity contribution in [3.05, 3.63) is 29.8 Å². The second-order valence-electron chi connectivity index (χ2n) is 5.81. The summed E-state index contributed by atoms with van der Waals surface area (Å²) < 4.78 is 5.04. The molecule has 0 aliphatic carbocycles. The smallest absolute Gasteiger partial charge is 0.226 e. The second kappa shape index (κ2) is 13.9. The minimum absolute atomic E-state index is 0. The van der Waals surface area contributed by atoms with Crippen LogP contribution in [0.4, 0.5) is 5.69 Å². The van der Waals surface area contributed by atoms with E-state index in [4.69, 9.17) is 4.74 Å². The highest BCUT2D eigenvalue weighted by molar-refractivity contribution is 14.0. The number of hydrogen-bond donors (Lipinski definition) is 3. The molecule has 0 aromatic heterocycles. The van der Waals surface area contributed by atoms with E-state index in [2.05, 4.69) is 20.9 Å². The van der Waals surface area contributed by atoms with Crippen LogP contribution in [0, 0.1) is 5.92 Å². The van der Waals surface area contributed by atoms with Gasteiger partial charge in [0.1, 0.15) is 0 Å². The summed E-state index contributed by atoms with van der Waals surface area (Å²) in [6.45, 7) is 8.74. The third kappa shape index (κ3) is 10.3. The summed E-state index contributed by atoms with van der Waals surface area (Å²) >= 11 is 0. The third-order valence-corrected chi connectivity index (χ3v) is 3.33. The first-order valence-corrected chi connectivity index (χ1v) is 8.47. The second-order valence-corrected chi connectivity index (χ2v) is 5.81. The fourth-order valence-corrected chi connectivity index (χ4v) is 1.92. The van der Waals surface area contributed by atoms with Gasteiger partial charge in [-0.2, -0.15) is 0 Å². The van der Waals surface area contributed by atoms with Gasteiger partial charge in [0.25, 0.3) is 0 Å². The summed E-state index contributed by atoms with van der Waals surface area (Å²) in [5.41, 5.74) is 1.90. The number of hydrogen-bond acceptors (Lipinski definition) is 3. The average Bonchev–Trinajstić information content (AvgIpc) is 2.57. The molecular formula is C18H31IN4O2. The number of anilines is 1. The lowest BCUT2D eigenvalue weighted by Gasteiger charge is -2.11. The van der Waals surface area contributed by atoms with Gasteiger partial charge in [-0.05, 0) is 31.0 Å². The highest BCUT2D eigenvalue weighted by Crippen LogP contribution is 2.11. The van der Waals surface area contributed by atoms with E-state index < -0.39 is 0 Å². The normalized spacial score (nSPS) is 11.0. The molecule has 0 saturated carbocycles. The van der Waals surface area contributed by atoms with Crippen LogP contribution in [0.5, 0.6) is 0 Å². The summed E-state index contributed by atoms with van der Waals surface area (Å²) in [5.74, 6) is 0.794. The summed E-state index contributed by atoms with van der Waals surface area (Å²) in [5, 5.41) is 9.38. The summed E-state index contributed by atoms with van der Waals surface area (Å²) in [6, 6.07) is 7.77. The molecule has 0 aliphatic heterocycles. The van der Waals surface area contributed by atoms with Crippen molar-refractivity contribution >= 4 is 41.5 Å². The molecule has 142 valence electrons. The van der Waals surface area contributed by atoms with Crippen LogP contribution in [0.2, 0.25) is 0 Å². The number of ether oxygens (including phenoxy) is 1. The van der Waals surface area contributed by atoms with Crippen molar-refractivity contribution in [1.29, 1.82) is 0 Å². The number of nitrogens with one attached hydrogen (secondary N) is 3. The number of rotatable bonds is 9. The SMILES string of the molecule is CCNC(=NCc1ccc(NC(=O)C(C)C)cc1)NCCCOC.I. The first-order chi connectivity index (χ1) is 11.6. The molecular weight excluding hydrogens is 431 g/mol. The molecule has 0 aliphatic rings. The van der Waals surface area contributed by atoms with E-state index in [-0.39, 0.29) is 35.8 Å². The van der Waals surface area contributed by atoms with Crippen LogP contribution < -0.4 is 16.0 Å². The van der Waals surface area contributed by atoms with Crippen LogP contribution in [0.15, 0.2) is 29.3 Å². The fraction of sp³-hybridized carbons (Fsp3) is 0.556. The lowest BCUT2D eigenvalue weighted by atomic mass is 10.2. The van der Waals surface area contributed by atoms with Crippen molar-refractivity contribution in [3.63, 3.8) is 0 Å². The van der Waals surface area contributed by atoms with Gasteiger partial charge in [0.15, 0.2) is 5.96 Å². The van der Waals surface area contributed by atoms with E-state index >= 15 is 0 Å². The van der Waals surface area contributed by atoms with Gasteiger partial charge in [0.05, 0.1) is 6.54 Å². The van der Waals surface area contributed by atoms with Crippen molar-refractivity contribution < 1.29 is 9.53 Å². The first-order valence-electron chi connectivity index (χ1n) is 8.47. The van der Waals surface area contributed by atoms with Crippen molar-refractivity contribution in [1.82, 2.24) is 10.6 Å². The van der Waals surface area contributed by atoms with Crippen molar-refractivity contribution in [2.45, 2.75) is 33.7 Å². The molecule has 3 N–H and O–H groups in total. The molecule has 1 amide bonds. The molecule has 0 atom stereocenters. The summed E-state index contributed by atoms with van der Waals surface area (Å²) in [4.78, 5) is 16.2. The Morgan fingerprint density at radius 1 is 1.20 bits per heavy atom. The molecule has 1 rings (SSSR count). The highest BCUT2D eigenvalue weighted by Gasteiger charge is 2.06. The minimum Gasteiger partial charge on any atom is -0.385 e. The molecule has 1 aromatic rings. The van der Waals surface area contributed by atoms with Gasteiger partial charge in [-0.15, -0.1) is 24.0 Å². The van der Waals surface area contributed by atoms with E-state index in [1.165, 1.54) is 0 Å². The Labute approximate surface area is 168 Å². The van der Waals surface area contributed by atoms with Crippen molar-refractivity contribution in [2.75, 3.05) is 32.1 Å². The van der Waals surface area contributed by atoms with E-state index in [0.717, 1.165) is 43.3 Å². The zero-order valence-corrected chi connectivity index (χ0v) is 17.9. The van der Waals surface area contributed by atoms with Gasteiger partial charge in [-0.25, -0.2) is 4.99 Å². The number of methoxy groups -OCH3 is 1. The minimum atomic E-state index is -0.0267. The van der Waals surface area contributed by atoms with E-state index in [1.54, 1.807) is 7.11 Å². The molecule has 0 bridgehead atoms.